The van der Waals surface area contributed by atoms with E-state index in [9.17, 15) is 14.4 Å². The highest BCUT2D eigenvalue weighted by atomic mass is 16.5. The summed E-state index contributed by atoms with van der Waals surface area (Å²) in [5, 5.41) is 0. The van der Waals surface area contributed by atoms with Crippen LogP contribution in [0, 0.1) is 0 Å². The van der Waals surface area contributed by atoms with E-state index in [0.29, 0.717) is 30.2 Å². The number of aromatic nitrogens is 2. The van der Waals surface area contributed by atoms with Gasteiger partial charge in [0.15, 0.2) is 0 Å². The molecule has 0 atom stereocenters. The molecular formula is C29H35N3O5. The lowest BCUT2D eigenvalue weighted by atomic mass is 10.0. The van der Waals surface area contributed by atoms with E-state index in [0.717, 1.165) is 31.2 Å². The van der Waals surface area contributed by atoms with Gasteiger partial charge in [-0.05, 0) is 36.6 Å². The topological polar surface area (TPSA) is 90.7 Å². The number of benzene rings is 2. The number of methoxy groups -OCH3 is 1. The van der Waals surface area contributed by atoms with Gasteiger partial charge >= 0.3 is 11.9 Å². The van der Waals surface area contributed by atoms with Crippen LogP contribution in [0.25, 0.3) is 11.4 Å². The van der Waals surface area contributed by atoms with Crippen molar-refractivity contribution in [3.63, 3.8) is 0 Å². The first-order valence-electron chi connectivity index (χ1n) is 12.7. The Morgan fingerprint density at radius 1 is 0.946 bits per heavy atom. The van der Waals surface area contributed by atoms with Gasteiger partial charge in [-0.2, -0.15) is 0 Å². The molecule has 0 bridgehead atoms. The second-order valence-corrected chi connectivity index (χ2v) is 8.87. The van der Waals surface area contributed by atoms with Gasteiger partial charge in [-0.3, -0.25) is 4.79 Å². The Bertz CT molecular complexity index is 1210. The summed E-state index contributed by atoms with van der Waals surface area (Å²) < 4.78 is 12.1. The Hall–Kier alpha value is -3.94. The van der Waals surface area contributed by atoms with Gasteiger partial charge in [0.2, 0.25) is 0 Å². The zero-order chi connectivity index (χ0) is 26.8. The molecule has 0 aliphatic heterocycles. The van der Waals surface area contributed by atoms with Crippen molar-refractivity contribution >= 4 is 17.8 Å². The van der Waals surface area contributed by atoms with Crippen molar-refractivity contribution in [3.05, 3.63) is 77.1 Å². The monoisotopic (exact) mass is 505 g/mol. The zero-order valence-corrected chi connectivity index (χ0v) is 22.0. The highest BCUT2D eigenvalue weighted by molar-refractivity contribution is 6.01. The van der Waals surface area contributed by atoms with Gasteiger partial charge in [-0.25, -0.2) is 14.6 Å². The van der Waals surface area contributed by atoms with Crippen molar-refractivity contribution in [1.29, 1.82) is 0 Å². The number of carbonyl (C=O) groups excluding carboxylic acids is 3. The summed E-state index contributed by atoms with van der Waals surface area (Å²) in [6.45, 7) is 5.61. The molecule has 0 unspecified atom stereocenters. The first-order valence-corrected chi connectivity index (χ1v) is 12.7. The number of ether oxygens (including phenoxy) is 2. The summed E-state index contributed by atoms with van der Waals surface area (Å²) in [5.74, 6) is -0.879. The molecule has 1 heterocycles. The summed E-state index contributed by atoms with van der Waals surface area (Å²) in [7, 11) is 3.05. The molecule has 37 heavy (non-hydrogen) atoms. The number of rotatable bonds is 12. The Balaban J connectivity index is 1.96. The molecule has 3 aromatic rings. The van der Waals surface area contributed by atoms with Crippen molar-refractivity contribution in [2.24, 2.45) is 7.05 Å². The summed E-state index contributed by atoms with van der Waals surface area (Å²) in [6, 6.07) is 14.0. The van der Waals surface area contributed by atoms with Gasteiger partial charge in [0.25, 0.3) is 5.91 Å². The Morgan fingerprint density at radius 2 is 1.62 bits per heavy atom. The SMILES string of the molecule is CCCCN(CCCC)C(=O)c1cn(C)c(-c2ccc(C(=O)OC)cc2C(=O)OCc2ccccc2)n1. The van der Waals surface area contributed by atoms with Gasteiger partial charge in [-0.15, -0.1) is 0 Å². The molecule has 196 valence electrons. The fourth-order valence-electron chi connectivity index (χ4n) is 3.95. The van der Waals surface area contributed by atoms with Crippen molar-refractivity contribution in [2.75, 3.05) is 20.2 Å². The van der Waals surface area contributed by atoms with Gasteiger partial charge in [-0.1, -0.05) is 57.0 Å². The third kappa shape index (κ3) is 7.06. The van der Waals surface area contributed by atoms with Crippen LogP contribution in [0.4, 0.5) is 0 Å². The van der Waals surface area contributed by atoms with E-state index >= 15 is 0 Å². The molecule has 0 N–H and O–H groups in total. The third-order valence-corrected chi connectivity index (χ3v) is 6.06. The molecule has 0 saturated carbocycles. The van der Waals surface area contributed by atoms with Crippen LogP contribution >= 0.6 is 0 Å². The van der Waals surface area contributed by atoms with Gasteiger partial charge in [0.05, 0.1) is 18.2 Å². The standard InChI is InChI=1S/C29H35N3O5/c1-5-7-16-32(17-8-6-2)27(33)25-19-31(3)26(30-25)23-15-14-22(28(34)36-4)18-24(23)29(35)37-20-21-12-10-9-11-13-21/h9-15,18-19H,5-8,16-17,20H2,1-4H3. The predicted octanol–water partition coefficient (Wildman–Crippen LogP) is 5.27. The molecule has 0 saturated heterocycles. The lowest BCUT2D eigenvalue weighted by Gasteiger charge is -2.21. The van der Waals surface area contributed by atoms with Crippen LogP contribution in [0.15, 0.2) is 54.7 Å². The number of unbranched alkanes of at least 4 members (excludes halogenated alkanes) is 2. The lowest BCUT2D eigenvalue weighted by molar-refractivity contribution is 0.0473. The van der Waals surface area contributed by atoms with Gasteiger partial charge < -0.3 is 18.9 Å². The molecule has 0 fully saturated rings. The number of aryl methyl sites for hydroxylation is 1. The van der Waals surface area contributed by atoms with E-state index in [1.54, 1.807) is 29.9 Å². The lowest BCUT2D eigenvalue weighted by Crippen LogP contribution is -2.33. The Morgan fingerprint density at radius 3 is 2.24 bits per heavy atom. The van der Waals surface area contributed by atoms with Crippen molar-refractivity contribution < 1.29 is 23.9 Å². The summed E-state index contributed by atoms with van der Waals surface area (Å²) >= 11 is 0. The van der Waals surface area contributed by atoms with Crippen molar-refractivity contribution in [1.82, 2.24) is 14.5 Å². The molecule has 0 aliphatic carbocycles. The van der Waals surface area contributed by atoms with Crippen molar-refractivity contribution in [2.45, 2.75) is 46.1 Å². The summed E-state index contributed by atoms with van der Waals surface area (Å²) in [5.41, 5.74) is 1.99. The second kappa shape index (κ2) is 13.4. The number of carbonyl (C=O) groups is 3. The predicted molar refractivity (Wildman–Crippen MR) is 141 cm³/mol. The van der Waals surface area contributed by atoms with E-state index in [-0.39, 0.29) is 23.6 Å². The van der Waals surface area contributed by atoms with E-state index in [2.05, 4.69) is 18.8 Å². The fourth-order valence-corrected chi connectivity index (χ4v) is 3.95. The molecule has 8 nitrogen and oxygen atoms in total. The number of hydrogen-bond donors (Lipinski definition) is 0. The van der Waals surface area contributed by atoms with E-state index in [1.165, 1.54) is 13.2 Å². The molecule has 1 aromatic heterocycles. The van der Waals surface area contributed by atoms with Crippen LogP contribution < -0.4 is 0 Å². The van der Waals surface area contributed by atoms with Crippen LogP contribution in [-0.4, -0.2) is 52.5 Å². The average molecular weight is 506 g/mol. The van der Waals surface area contributed by atoms with E-state index in [4.69, 9.17) is 9.47 Å². The van der Waals surface area contributed by atoms with Crippen LogP contribution in [0.2, 0.25) is 0 Å². The molecule has 1 amide bonds. The largest absolute Gasteiger partial charge is 0.465 e. The molecule has 0 radical (unpaired) electrons. The smallest absolute Gasteiger partial charge is 0.339 e. The van der Waals surface area contributed by atoms with E-state index in [1.807, 2.05) is 35.2 Å². The molecule has 8 heteroatoms. The maximum atomic E-state index is 13.3. The Labute approximate surface area is 218 Å². The molecule has 0 spiro atoms. The minimum absolute atomic E-state index is 0.0791. The normalized spacial score (nSPS) is 10.7. The first-order chi connectivity index (χ1) is 17.9. The first kappa shape index (κ1) is 27.6. The van der Waals surface area contributed by atoms with Gasteiger partial charge in [0, 0.05) is 31.9 Å². The van der Waals surface area contributed by atoms with Crippen LogP contribution in [-0.2, 0) is 23.1 Å². The molecular weight excluding hydrogens is 470 g/mol. The third-order valence-electron chi connectivity index (χ3n) is 6.06. The minimum Gasteiger partial charge on any atom is -0.465 e. The summed E-state index contributed by atoms with van der Waals surface area (Å²) in [6.07, 6.45) is 5.49. The van der Waals surface area contributed by atoms with Crippen LogP contribution in [0.5, 0.6) is 0 Å². The average Bonchev–Trinajstić information content (AvgIpc) is 3.32. The quantitative estimate of drug-likeness (QED) is 0.311. The number of amides is 1. The summed E-state index contributed by atoms with van der Waals surface area (Å²) in [4.78, 5) is 45.1. The molecule has 0 aliphatic rings. The maximum Gasteiger partial charge on any atom is 0.339 e. The minimum atomic E-state index is -0.604. The number of nitrogens with zero attached hydrogens (tertiary/aromatic N) is 3. The maximum absolute atomic E-state index is 13.3. The number of esters is 2. The van der Waals surface area contributed by atoms with E-state index < -0.39 is 11.9 Å². The van der Waals surface area contributed by atoms with Crippen molar-refractivity contribution in [3.8, 4) is 11.4 Å². The highest BCUT2D eigenvalue weighted by Crippen LogP contribution is 2.26. The zero-order valence-electron chi connectivity index (χ0n) is 22.0. The number of imidazole rings is 1. The molecule has 3 rings (SSSR count). The van der Waals surface area contributed by atoms with Crippen LogP contribution in [0.1, 0.15) is 76.3 Å². The fraction of sp³-hybridized carbons (Fsp3) is 0.379. The van der Waals surface area contributed by atoms with Gasteiger partial charge in [0.1, 0.15) is 18.1 Å². The number of hydrogen-bond acceptors (Lipinski definition) is 6. The van der Waals surface area contributed by atoms with Crippen LogP contribution in [0.3, 0.4) is 0 Å². The highest BCUT2D eigenvalue weighted by Gasteiger charge is 2.24. The Kier molecular flexibility index (Phi) is 10.0. The molecule has 2 aromatic carbocycles. The second-order valence-electron chi connectivity index (χ2n) is 8.87.